The van der Waals surface area contributed by atoms with Gasteiger partial charge in [-0.3, -0.25) is 9.10 Å². The summed E-state index contributed by atoms with van der Waals surface area (Å²) in [6.07, 6.45) is 1.39. The molecule has 0 saturated carbocycles. The number of nitrogens with zero attached hydrogens (tertiary/aromatic N) is 3. The van der Waals surface area contributed by atoms with Gasteiger partial charge in [0.15, 0.2) is 0 Å². The molecule has 1 heterocycles. The van der Waals surface area contributed by atoms with Crippen LogP contribution in [0.3, 0.4) is 0 Å². The van der Waals surface area contributed by atoms with Crippen molar-refractivity contribution in [2.24, 2.45) is 0 Å². The second-order valence-corrected chi connectivity index (χ2v) is 8.47. The molecule has 0 N–H and O–H groups in total. The quantitative estimate of drug-likeness (QED) is 0.799. The molecule has 7 heteroatoms. The number of hydrogen-bond donors (Lipinski definition) is 0. The molecule has 0 aromatic heterocycles. The van der Waals surface area contributed by atoms with Gasteiger partial charge in [0.1, 0.15) is 0 Å². The first-order valence-electron chi connectivity index (χ1n) is 8.20. The molecule has 2 rings (SSSR count). The molecule has 0 spiro atoms. The van der Waals surface area contributed by atoms with Crippen LogP contribution in [-0.2, 0) is 14.8 Å². The zero-order valence-electron chi connectivity index (χ0n) is 14.9. The Hall–Kier alpha value is -1.60. The van der Waals surface area contributed by atoms with Gasteiger partial charge in [-0.25, -0.2) is 8.42 Å². The van der Waals surface area contributed by atoms with E-state index in [2.05, 4.69) is 4.90 Å². The molecule has 1 amide bonds. The highest BCUT2D eigenvalue weighted by atomic mass is 32.2. The third-order valence-electron chi connectivity index (χ3n) is 4.41. The molecule has 0 radical (unpaired) electrons. The number of piperazine rings is 1. The van der Waals surface area contributed by atoms with Crippen LogP contribution in [0.15, 0.2) is 18.2 Å². The highest BCUT2D eigenvalue weighted by Gasteiger charge is 2.23. The Labute approximate surface area is 145 Å². The van der Waals surface area contributed by atoms with Crippen LogP contribution in [0, 0.1) is 13.8 Å². The monoisotopic (exact) mass is 353 g/mol. The Morgan fingerprint density at radius 2 is 1.79 bits per heavy atom. The van der Waals surface area contributed by atoms with E-state index in [1.54, 1.807) is 0 Å². The molecule has 1 aromatic rings. The molecule has 1 aromatic carbocycles. The molecule has 1 aliphatic heterocycles. The van der Waals surface area contributed by atoms with Crippen molar-refractivity contribution in [2.75, 3.05) is 50.3 Å². The fraction of sp³-hybridized carbons (Fsp3) is 0.588. The summed E-state index contributed by atoms with van der Waals surface area (Å²) in [5.41, 5.74) is 2.62. The average Bonchev–Trinajstić information content (AvgIpc) is 2.48. The van der Waals surface area contributed by atoms with Crippen LogP contribution in [0.1, 0.15) is 17.5 Å². The molecule has 0 bridgehead atoms. The zero-order chi connectivity index (χ0) is 17.9. The number of likely N-dealkylation sites (N-methyl/N-ethyl adjacent to an activating group) is 1. The molecular formula is C17H27N3O3S. The van der Waals surface area contributed by atoms with E-state index in [1.807, 2.05) is 44.0 Å². The van der Waals surface area contributed by atoms with Crippen LogP contribution in [0.4, 0.5) is 5.69 Å². The highest BCUT2D eigenvalue weighted by molar-refractivity contribution is 7.92. The number of sulfonamides is 1. The van der Waals surface area contributed by atoms with Crippen LogP contribution in [0.5, 0.6) is 0 Å². The lowest BCUT2D eigenvalue weighted by Gasteiger charge is -2.33. The maximum Gasteiger partial charge on any atom is 0.232 e. The second-order valence-electron chi connectivity index (χ2n) is 6.56. The van der Waals surface area contributed by atoms with Crippen LogP contribution < -0.4 is 4.31 Å². The van der Waals surface area contributed by atoms with Gasteiger partial charge in [0.25, 0.3) is 0 Å². The highest BCUT2D eigenvalue weighted by Crippen LogP contribution is 2.24. The smallest absolute Gasteiger partial charge is 0.232 e. The van der Waals surface area contributed by atoms with E-state index in [1.165, 1.54) is 10.6 Å². The maximum absolute atomic E-state index is 12.4. The van der Waals surface area contributed by atoms with Gasteiger partial charge < -0.3 is 9.80 Å². The SMILES string of the molecule is Cc1ccc(N(CCC(=O)N2CCN(C)CC2)S(C)(=O)=O)c(C)c1. The van der Waals surface area contributed by atoms with Crippen molar-refractivity contribution in [1.29, 1.82) is 0 Å². The van der Waals surface area contributed by atoms with Crippen molar-refractivity contribution < 1.29 is 13.2 Å². The molecule has 1 fully saturated rings. The summed E-state index contributed by atoms with van der Waals surface area (Å²) in [5, 5.41) is 0. The van der Waals surface area contributed by atoms with Gasteiger partial charge in [-0.05, 0) is 32.5 Å². The van der Waals surface area contributed by atoms with Crippen LogP contribution in [0.25, 0.3) is 0 Å². The first kappa shape index (κ1) is 18.7. The number of rotatable bonds is 5. The van der Waals surface area contributed by atoms with Crippen molar-refractivity contribution in [1.82, 2.24) is 9.80 Å². The minimum Gasteiger partial charge on any atom is -0.340 e. The van der Waals surface area contributed by atoms with E-state index in [4.69, 9.17) is 0 Å². The van der Waals surface area contributed by atoms with E-state index >= 15 is 0 Å². The average molecular weight is 353 g/mol. The van der Waals surface area contributed by atoms with Gasteiger partial charge in [0, 0.05) is 39.1 Å². The Morgan fingerprint density at radius 3 is 2.33 bits per heavy atom. The lowest BCUT2D eigenvalue weighted by atomic mass is 10.1. The van der Waals surface area contributed by atoms with Gasteiger partial charge in [-0.2, -0.15) is 0 Å². The molecule has 1 aliphatic rings. The number of carbonyl (C=O) groups is 1. The summed E-state index contributed by atoms with van der Waals surface area (Å²) in [6.45, 7) is 7.17. The summed E-state index contributed by atoms with van der Waals surface area (Å²) < 4.78 is 25.7. The van der Waals surface area contributed by atoms with Gasteiger partial charge in [-0.1, -0.05) is 17.7 Å². The maximum atomic E-state index is 12.4. The van der Waals surface area contributed by atoms with Crippen molar-refractivity contribution in [2.45, 2.75) is 20.3 Å². The predicted molar refractivity (Wildman–Crippen MR) is 96.8 cm³/mol. The number of carbonyl (C=O) groups excluding carboxylic acids is 1. The fourth-order valence-corrected chi connectivity index (χ4v) is 3.95. The summed E-state index contributed by atoms with van der Waals surface area (Å²) in [6, 6.07) is 5.66. The minimum absolute atomic E-state index is 0.0153. The van der Waals surface area contributed by atoms with Crippen LogP contribution in [0.2, 0.25) is 0 Å². The van der Waals surface area contributed by atoms with E-state index in [0.717, 1.165) is 24.2 Å². The largest absolute Gasteiger partial charge is 0.340 e. The van der Waals surface area contributed by atoms with Gasteiger partial charge in [0.05, 0.1) is 11.9 Å². The standard InChI is InChI=1S/C17H27N3O3S/c1-14-5-6-16(15(2)13-14)20(24(4,22)23)8-7-17(21)19-11-9-18(3)10-12-19/h5-6,13H,7-12H2,1-4H3. The predicted octanol–water partition coefficient (Wildman–Crippen LogP) is 1.23. The first-order chi connectivity index (χ1) is 11.2. The Morgan fingerprint density at radius 1 is 1.17 bits per heavy atom. The summed E-state index contributed by atoms with van der Waals surface area (Å²) in [5.74, 6) is 0.0153. The molecule has 24 heavy (non-hydrogen) atoms. The van der Waals surface area contributed by atoms with E-state index in [-0.39, 0.29) is 18.9 Å². The van der Waals surface area contributed by atoms with Gasteiger partial charge >= 0.3 is 0 Å². The fourth-order valence-electron chi connectivity index (χ4n) is 2.96. The molecule has 0 unspecified atom stereocenters. The lowest BCUT2D eigenvalue weighted by molar-refractivity contribution is -0.132. The topological polar surface area (TPSA) is 60.9 Å². The van der Waals surface area contributed by atoms with Gasteiger partial charge in [0.2, 0.25) is 15.9 Å². The summed E-state index contributed by atoms with van der Waals surface area (Å²) in [4.78, 5) is 16.4. The second kappa shape index (κ2) is 7.53. The molecular weight excluding hydrogens is 326 g/mol. The molecule has 0 atom stereocenters. The van der Waals surface area contributed by atoms with Crippen molar-refractivity contribution >= 4 is 21.6 Å². The van der Waals surface area contributed by atoms with Gasteiger partial charge in [-0.15, -0.1) is 0 Å². The van der Waals surface area contributed by atoms with E-state index in [9.17, 15) is 13.2 Å². The van der Waals surface area contributed by atoms with E-state index in [0.29, 0.717) is 18.8 Å². The van der Waals surface area contributed by atoms with Crippen molar-refractivity contribution in [3.05, 3.63) is 29.3 Å². The third kappa shape index (κ3) is 4.70. The summed E-state index contributed by atoms with van der Waals surface area (Å²) in [7, 11) is -1.40. The summed E-state index contributed by atoms with van der Waals surface area (Å²) >= 11 is 0. The molecule has 1 saturated heterocycles. The van der Waals surface area contributed by atoms with Crippen LogP contribution >= 0.6 is 0 Å². The zero-order valence-corrected chi connectivity index (χ0v) is 15.8. The van der Waals surface area contributed by atoms with Crippen molar-refractivity contribution in [3.63, 3.8) is 0 Å². The number of hydrogen-bond acceptors (Lipinski definition) is 4. The lowest BCUT2D eigenvalue weighted by Crippen LogP contribution is -2.48. The molecule has 0 aliphatic carbocycles. The number of amides is 1. The normalized spacial score (nSPS) is 16.2. The number of aryl methyl sites for hydroxylation is 2. The number of anilines is 1. The Kier molecular flexibility index (Phi) is 5.87. The molecule has 6 nitrogen and oxygen atoms in total. The van der Waals surface area contributed by atoms with E-state index < -0.39 is 10.0 Å². The number of benzene rings is 1. The third-order valence-corrected chi connectivity index (χ3v) is 5.59. The van der Waals surface area contributed by atoms with Crippen molar-refractivity contribution in [3.8, 4) is 0 Å². The Bertz CT molecular complexity index is 695. The Balaban J connectivity index is 2.09. The minimum atomic E-state index is -3.43. The van der Waals surface area contributed by atoms with Crippen LogP contribution in [-0.4, -0.2) is 70.2 Å². The molecule has 134 valence electrons. The first-order valence-corrected chi connectivity index (χ1v) is 10.0.